The number of nitro groups is 2. The molecule has 0 radical (unpaired) electrons. The molecule has 212 valence electrons. The fourth-order valence-electron chi connectivity index (χ4n) is 3.10. The number of benzene rings is 2. The predicted octanol–water partition coefficient (Wildman–Crippen LogP) is 10.6. The van der Waals surface area contributed by atoms with Gasteiger partial charge in [-0.3, -0.25) is 24.2 Å². The van der Waals surface area contributed by atoms with Crippen LogP contribution < -0.4 is 0 Å². The van der Waals surface area contributed by atoms with Crippen molar-refractivity contribution in [2.45, 2.75) is 22.6 Å². The largest absolute Gasteiger partial charge is 0.288 e. The Morgan fingerprint density at radius 2 is 1.48 bits per heavy atom. The third-order valence-corrected chi connectivity index (χ3v) is 13.8. The minimum Gasteiger partial charge on any atom is -0.288 e. The number of rotatable bonds is 17. The average Bonchev–Trinajstić information content (AvgIpc) is 3.36. The molecule has 0 aliphatic carbocycles. The minimum absolute atomic E-state index is 0.101. The lowest BCUT2D eigenvalue weighted by Gasteiger charge is -2.09. The van der Waals surface area contributed by atoms with Crippen LogP contribution in [0, 0.1) is 20.2 Å². The molecule has 0 saturated heterocycles. The molecule has 0 amide bonds. The van der Waals surface area contributed by atoms with E-state index in [0.717, 1.165) is 43.9 Å². The van der Waals surface area contributed by atoms with Gasteiger partial charge >= 0.3 is 0 Å². The summed E-state index contributed by atoms with van der Waals surface area (Å²) in [6.45, 7) is 4.26. The first-order valence-corrected chi connectivity index (χ1v) is 21.0. The topological polar surface area (TPSA) is 91.2 Å². The number of nitrogens with zero attached hydrogens (tertiary/aromatic N) is 3. The molecule has 0 N–H and O–H groups in total. The molecule has 2 aromatic carbocycles. The Balaban J connectivity index is 1.56. The molecule has 0 unspecified atom stereocenters. The smallest absolute Gasteiger partial charge is 0.269 e. The van der Waals surface area contributed by atoms with Crippen LogP contribution in [0.2, 0.25) is 0 Å². The van der Waals surface area contributed by atoms with Crippen LogP contribution >= 0.6 is 99.0 Å². The zero-order valence-electron chi connectivity index (χ0n) is 21.1. The van der Waals surface area contributed by atoms with Crippen LogP contribution in [0.25, 0.3) is 0 Å². The summed E-state index contributed by atoms with van der Waals surface area (Å²) < 4.78 is 4.21. The van der Waals surface area contributed by atoms with Crippen LogP contribution in [0.1, 0.15) is 11.1 Å². The first-order chi connectivity index (χ1) is 19.3. The normalized spacial score (nSPS) is 11.5. The number of nitro benzene ring substituents is 2. The number of hydrogen-bond donors (Lipinski definition) is 0. The second kappa shape index (κ2) is 18.0. The summed E-state index contributed by atoms with van der Waals surface area (Å²) in [5.74, 6) is 1.69. The van der Waals surface area contributed by atoms with Crippen molar-refractivity contribution < 1.29 is 9.85 Å². The predicted molar refractivity (Wildman–Crippen MR) is 190 cm³/mol. The third kappa shape index (κ3) is 11.5. The summed E-state index contributed by atoms with van der Waals surface area (Å²) in [6, 6.07) is 13.4. The molecule has 0 fully saturated rings. The zero-order valence-corrected chi connectivity index (χ0v) is 29.0. The second-order valence-electron chi connectivity index (χ2n) is 7.75. The number of thioether (sulfide) groups is 4. The quantitative estimate of drug-likeness (QED) is 0.0327. The third-order valence-electron chi connectivity index (χ3n) is 5.09. The lowest BCUT2D eigenvalue weighted by atomic mass is 10.1. The molecule has 15 heteroatoms. The van der Waals surface area contributed by atoms with E-state index >= 15 is 0 Å². The number of hydrogen-bond acceptors (Lipinski definition) is 11. The molecule has 3 aromatic rings. The average molecular weight is 782 g/mol. The Morgan fingerprint density at radius 1 is 0.925 bits per heavy atom. The Bertz CT molecular complexity index is 1340. The summed E-state index contributed by atoms with van der Waals surface area (Å²) in [5.41, 5.74) is 2.33. The monoisotopic (exact) mass is 781 g/mol. The van der Waals surface area contributed by atoms with Gasteiger partial charge in [0.2, 0.25) is 0 Å². The van der Waals surface area contributed by atoms with Crippen LogP contribution in [0.5, 0.6) is 0 Å². The van der Waals surface area contributed by atoms with E-state index in [0.29, 0.717) is 0 Å². The van der Waals surface area contributed by atoms with E-state index in [1.807, 2.05) is 12.1 Å². The molecule has 0 aliphatic rings. The Hall–Kier alpha value is -0.820. The molecule has 0 spiro atoms. The van der Waals surface area contributed by atoms with Crippen LogP contribution in [0.3, 0.4) is 0 Å². The van der Waals surface area contributed by atoms with E-state index in [4.69, 9.17) is 0 Å². The van der Waals surface area contributed by atoms with Gasteiger partial charge in [-0.2, -0.15) is 0 Å². The lowest BCUT2D eigenvalue weighted by molar-refractivity contribution is -0.385. The van der Waals surface area contributed by atoms with Crippen molar-refractivity contribution >= 4 is 110 Å². The summed E-state index contributed by atoms with van der Waals surface area (Å²) in [6.07, 6.45) is 7.95. The maximum atomic E-state index is 10.9. The second-order valence-corrected chi connectivity index (χ2v) is 16.6. The SMILES string of the molecule is C=C(SCCc1ccc([N+](=O)[O-])cc1)S/C(=C/Sc1cn(SI)cc1SC)SSCCc1ccc([N+](=O)[O-])cc1. The minimum atomic E-state index is -0.387. The standard InChI is InChI=1S/C25H24IN3O4S7/c1-18(35-13-11-19-3-7-21(8-4-19)28(30)31)38-25(17-36-24-16-27(40-26)15-23(24)34-2)39-37-14-12-20-5-9-22(10-6-20)29(32)33/h3-10,15-17H,1,11-14H2,2H3/b25-17-. The van der Waals surface area contributed by atoms with Crippen LogP contribution in [-0.2, 0) is 12.8 Å². The molecule has 40 heavy (non-hydrogen) atoms. The van der Waals surface area contributed by atoms with Gasteiger partial charge in [0.15, 0.2) is 0 Å². The lowest BCUT2D eigenvalue weighted by Crippen LogP contribution is -1.91. The molecule has 0 aliphatic heterocycles. The van der Waals surface area contributed by atoms with Crippen molar-refractivity contribution in [1.29, 1.82) is 0 Å². The van der Waals surface area contributed by atoms with Crippen molar-refractivity contribution in [2.75, 3.05) is 17.8 Å². The van der Waals surface area contributed by atoms with E-state index in [2.05, 4.69) is 55.8 Å². The van der Waals surface area contributed by atoms with Gasteiger partial charge in [0.25, 0.3) is 11.4 Å². The van der Waals surface area contributed by atoms with Crippen molar-refractivity contribution in [1.82, 2.24) is 3.97 Å². The van der Waals surface area contributed by atoms with Gasteiger partial charge in [-0.15, -0.1) is 23.5 Å². The van der Waals surface area contributed by atoms with Gasteiger partial charge in [-0.1, -0.05) is 65.2 Å². The molecule has 7 nitrogen and oxygen atoms in total. The molecular formula is C25H24IN3O4S7. The highest BCUT2D eigenvalue weighted by atomic mass is 127. The van der Waals surface area contributed by atoms with E-state index in [1.54, 1.807) is 114 Å². The van der Waals surface area contributed by atoms with Gasteiger partial charge in [0.1, 0.15) is 0 Å². The van der Waals surface area contributed by atoms with Gasteiger partial charge in [-0.25, -0.2) is 0 Å². The molecule has 0 atom stereocenters. The molecule has 0 saturated carbocycles. The van der Waals surface area contributed by atoms with E-state index in [9.17, 15) is 20.2 Å². The highest BCUT2D eigenvalue weighted by molar-refractivity contribution is 14.2. The maximum Gasteiger partial charge on any atom is 0.269 e. The van der Waals surface area contributed by atoms with Gasteiger partial charge in [-0.05, 0) is 46.4 Å². The first-order valence-electron chi connectivity index (χ1n) is 11.5. The summed E-state index contributed by atoms with van der Waals surface area (Å²) in [5, 5.41) is 23.9. The summed E-state index contributed by atoms with van der Waals surface area (Å²) >= 11 is 9.02. The van der Waals surface area contributed by atoms with Gasteiger partial charge in [0, 0.05) is 92.5 Å². The highest BCUT2D eigenvalue weighted by Crippen LogP contribution is 2.46. The molecule has 0 bridgehead atoms. The van der Waals surface area contributed by atoms with Crippen LogP contribution in [0.15, 0.2) is 91.2 Å². The fraction of sp³-hybridized carbons (Fsp3) is 0.200. The molecule has 1 heterocycles. The number of non-ortho nitro benzene ring substituents is 2. The van der Waals surface area contributed by atoms with Crippen molar-refractivity contribution in [3.63, 3.8) is 0 Å². The Morgan fingerprint density at radius 3 is 2.00 bits per heavy atom. The van der Waals surface area contributed by atoms with E-state index in [1.165, 1.54) is 9.79 Å². The van der Waals surface area contributed by atoms with Crippen molar-refractivity contribution in [3.8, 4) is 0 Å². The van der Waals surface area contributed by atoms with Crippen LogP contribution in [-0.4, -0.2) is 31.6 Å². The molecule has 3 rings (SSSR count). The summed E-state index contributed by atoms with van der Waals surface area (Å²) in [7, 11) is 5.08. The van der Waals surface area contributed by atoms with Gasteiger partial charge < -0.3 is 0 Å². The number of aromatic nitrogens is 1. The molecule has 1 aromatic heterocycles. The fourth-order valence-corrected chi connectivity index (χ4v) is 10.9. The van der Waals surface area contributed by atoms with Crippen molar-refractivity contribution in [2.24, 2.45) is 0 Å². The Labute approximate surface area is 274 Å². The molecular weight excluding hydrogens is 758 g/mol. The maximum absolute atomic E-state index is 10.9. The zero-order chi connectivity index (χ0) is 28.9. The highest BCUT2D eigenvalue weighted by Gasteiger charge is 2.11. The van der Waals surface area contributed by atoms with Crippen LogP contribution in [0.4, 0.5) is 11.4 Å². The van der Waals surface area contributed by atoms with Gasteiger partial charge in [0.05, 0.1) is 14.1 Å². The number of halogens is 1. The number of aryl methyl sites for hydroxylation is 2. The van der Waals surface area contributed by atoms with E-state index < -0.39 is 0 Å². The Kier molecular flexibility index (Phi) is 15.1. The first kappa shape index (κ1) is 33.7. The van der Waals surface area contributed by atoms with E-state index in [-0.39, 0.29) is 21.2 Å². The summed E-state index contributed by atoms with van der Waals surface area (Å²) in [4.78, 5) is 23.4. The van der Waals surface area contributed by atoms with Crippen molar-refractivity contribution in [3.05, 3.63) is 113 Å².